The van der Waals surface area contributed by atoms with Crippen molar-refractivity contribution in [3.05, 3.63) is 95.3 Å². The molecule has 1 aliphatic rings. The van der Waals surface area contributed by atoms with E-state index in [0.29, 0.717) is 36.1 Å². The molecule has 2 N–H and O–H groups in total. The number of nitrogens with zero attached hydrogens (tertiary/aromatic N) is 1. The number of benzene rings is 2. The Labute approximate surface area is 213 Å². The van der Waals surface area contributed by atoms with Crippen LogP contribution in [0.4, 0.5) is 4.79 Å². The largest absolute Gasteiger partial charge is 0.493 e. The minimum absolute atomic E-state index is 0.00267. The van der Waals surface area contributed by atoms with Gasteiger partial charge in [-0.3, -0.25) is 19.9 Å². The predicted molar refractivity (Wildman–Crippen MR) is 134 cm³/mol. The second kappa shape index (κ2) is 11.4. The molecule has 0 saturated carbocycles. The molecule has 3 aromatic rings. The van der Waals surface area contributed by atoms with Crippen LogP contribution in [-0.2, 0) is 33.8 Å². The van der Waals surface area contributed by atoms with Gasteiger partial charge >= 0.3 is 5.97 Å². The van der Waals surface area contributed by atoms with Gasteiger partial charge in [-0.1, -0.05) is 48.5 Å². The molecule has 8 nitrogen and oxygen atoms in total. The van der Waals surface area contributed by atoms with Gasteiger partial charge in [-0.2, -0.15) is 0 Å². The molecule has 0 radical (unpaired) electrons. The maximum absolute atomic E-state index is 13.0. The van der Waals surface area contributed by atoms with Gasteiger partial charge in [0.25, 0.3) is 11.1 Å². The Hall–Kier alpha value is -3.69. The quantitative estimate of drug-likeness (QED) is 0.316. The molecule has 1 aromatic heterocycles. The lowest BCUT2D eigenvalue weighted by Crippen LogP contribution is -2.46. The van der Waals surface area contributed by atoms with Crippen molar-refractivity contribution in [3.8, 4) is 5.75 Å². The van der Waals surface area contributed by atoms with Gasteiger partial charge in [-0.05, 0) is 53.6 Å². The van der Waals surface area contributed by atoms with Crippen molar-refractivity contribution in [2.24, 2.45) is 0 Å². The number of hydrogen-bond acceptors (Lipinski definition) is 8. The summed E-state index contributed by atoms with van der Waals surface area (Å²) >= 11 is 0.650. The lowest BCUT2D eigenvalue weighted by molar-refractivity contribution is -0.150. The molecule has 0 spiro atoms. The van der Waals surface area contributed by atoms with Crippen molar-refractivity contribution < 1.29 is 29.0 Å². The molecular weight excluding hydrogens is 480 g/mol. The Balaban J connectivity index is 1.36. The van der Waals surface area contributed by atoms with Gasteiger partial charge in [0.05, 0.1) is 12.7 Å². The standard InChI is InChI=1S/C27H26N2O6S/c1-18(30)21-9-10-22(28-16-21)13-14-34-23-11-7-19(8-12-23)15-27(24(31)29-26(33)36-27)25(32)35-17-20-5-3-2-4-6-20/h2-12,16,18,30H,13-15,17H2,1H3,(H,29,31,33)/t18?,27-/m0/s1. The van der Waals surface area contributed by atoms with Crippen molar-refractivity contribution >= 4 is 28.9 Å². The van der Waals surface area contributed by atoms with E-state index in [2.05, 4.69) is 10.3 Å². The molecule has 1 saturated heterocycles. The van der Waals surface area contributed by atoms with Crippen LogP contribution in [-0.4, -0.2) is 38.6 Å². The zero-order valence-corrected chi connectivity index (χ0v) is 20.5. The third kappa shape index (κ3) is 6.10. The zero-order chi connectivity index (χ0) is 25.5. The van der Waals surface area contributed by atoms with Crippen molar-refractivity contribution in [3.63, 3.8) is 0 Å². The smallest absolute Gasteiger partial charge is 0.333 e. The van der Waals surface area contributed by atoms with E-state index in [1.54, 1.807) is 37.4 Å². The van der Waals surface area contributed by atoms with Crippen molar-refractivity contribution in [2.75, 3.05) is 6.61 Å². The summed E-state index contributed by atoms with van der Waals surface area (Å²) in [6.07, 6.45) is 1.69. The summed E-state index contributed by atoms with van der Waals surface area (Å²) in [6, 6.07) is 19.8. The summed E-state index contributed by atoms with van der Waals surface area (Å²) in [5.74, 6) is -0.807. The van der Waals surface area contributed by atoms with Gasteiger partial charge in [-0.25, -0.2) is 4.79 Å². The zero-order valence-electron chi connectivity index (χ0n) is 19.7. The molecule has 9 heteroatoms. The molecule has 1 aliphatic heterocycles. The van der Waals surface area contributed by atoms with E-state index in [1.165, 1.54) is 0 Å². The SMILES string of the molecule is CC(O)c1ccc(CCOc2ccc(C[C@]3(C(=O)OCc4ccccc4)SC(=O)NC3=O)cc2)nc1. The van der Waals surface area contributed by atoms with E-state index in [1.807, 2.05) is 42.5 Å². The predicted octanol–water partition coefficient (Wildman–Crippen LogP) is 3.76. The number of nitrogens with one attached hydrogen (secondary N) is 1. The topological polar surface area (TPSA) is 115 Å². The molecular formula is C27H26N2O6S. The van der Waals surface area contributed by atoms with E-state index < -0.39 is 28.0 Å². The van der Waals surface area contributed by atoms with Crippen LogP contribution in [0.1, 0.15) is 35.4 Å². The summed E-state index contributed by atoms with van der Waals surface area (Å²) < 4.78 is 9.54. The minimum atomic E-state index is -1.68. The number of pyridine rings is 1. The fourth-order valence-corrected chi connectivity index (χ4v) is 4.67. The summed E-state index contributed by atoms with van der Waals surface area (Å²) in [5.41, 5.74) is 3.08. The summed E-state index contributed by atoms with van der Waals surface area (Å²) in [5, 5.41) is 11.2. The molecule has 0 aliphatic carbocycles. The Morgan fingerprint density at radius 2 is 1.81 bits per heavy atom. The second-order valence-corrected chi connectivity index (χ2v) is 9.68. The number of amides is 2. The van der Waals surface area contributed by atoms with Gasteiger partial charge in [0.15, 0.2) is 0 Å². The number of carbonyl (C=O) groups is 3. The average molecular weight is 507 g/mol. The van der Waals surface area contributed by atoms with Crippen molar-refractivity contribution in [2.45, 2.75) is 37.2 Å². The summed E-state index contributed by atoms with van der Waals surface area (Å²) in [6.45, 7) is 2.10. The number of ether oxygens (including phenoxy) is 2. The van der Waals surface area contributed by atoms with E-state index >= 15 is 0 Å². The minimum Gasteiger partial charge on any atom is -0.493 e. The number of aliphatic hydroxyl groups is 1. The van der Waals surface area contributed by atoms with E-state index in [4.69, 9.17) is 9.47 Å². The van der Waals surface area contributed by atoms with Crippen LogP contribution < -0.4 is 10.1 Å². The number of esters is 1. The van der Waals surface area contributed by atoms with E-state index in [-0.39, 0.29) is 13.0 Å². The van der Waals surface area contributed by atoms with Crippen LogP contribution in [0.15, 0.2) is 72.9 Å². The first kappa shape index (κ1) is 25.4. The van der Waals surface area contributed by atoms with Gasteiger partial charge in [0.1, 0.15) is 12.4 Å². The van der Waals surface area contributed by atoms with Crippen LogP contribution >= 0.6 is 11.8 Å². The van der Waals surface area contributed by atoms with E-state index in [0.717, 1.165) is 16.8 Å². The van der Waals surface area contributed by atoms with Crippen molar-refractivity contribution in [1.29, 1.82) is 0 Å². The number of aliphatic hydroxyl groups excluding tert-OH is 1. The summed E-state index contributed by atoms with van der Waals surface area (Å²) in [4.78, 5) is 42.0. The molecule has 36 heavy (non-hydrogen) atoms. The average Bonchev–Trinajstić information content (AvgIpc) is 3.17. The highest BCUT2D eigenvalue weighted by molar-refractivity contribution is 8.16. The third-order valence-corrected chi connectivity index (χ3v) is 6.86. The third-order valence-electron chi connectivity index (χ3n) is 5.73. The molecule has 2 atom stereocenters. The number of rotatable bonds is 10. The Morgan fingerprint density at radius 3 is 2.42 bits per heavy atom. The number of carbonyl (C=O) groups excluding carboxylic acids is 3. The highest BCUT2D eigenvalue weighted by atomic mass is 32.2. The normalized spacial score (nSPS) is 17.9. The highest BCUT2D eigenvalue weighted by Gasteiger charge is 2.55. The summed E-state index contributed by atoms with van der Waals surface area (Å²) in [7, 11) is 0. The first-order chi connectivity index (χ1) is 17.4. The molecule has 2 amide bonds. The number of imide groups is 1. The molecule has 0 bridgehead atoms. The molecule has 2 aromatic carbocycles. The molecule has 2 heterocycles. The lowest BCUT2D eigenvalue weighted by Gasteiger charge is -2.22. The first-order valence-corrected chi connectivity index (χ1v) is 12.3. The monoisotopic (exact) mass is 506 g/mol. The molecule has 1 fully saturated rings. The fraction of sp³-hybridized carbons (Fsp3) is 0.259. The number of hydrogen-bond donors (Lipinski definition) is 2. The van der Waals surface area contributed by atoms with Crippen LogP contribution in [0.5, 0.6) is 5.75 Å². The van der Waals surface area contributed by atoms with Crippen LogP contribution in [0, 0.1) is 0 Å². The van der Waals surface area contributed by atoms with Gasteiger partial charge in [0, 0.05) is 24.7 Å². The van der Waals surface area contributed by atoms with Crippen molar-refractivity contribution in [1.82, 2.24) is 10.3 Å². The van der Waals surface area contributed by atoms with Crippen LogP contribution in [0.25, 0.3) is 0 Å². The Bertz CT molecular complexity index is 1220. The van der Waals surface area contributed by atoms with Crippen LogP contribution in [0.2, 0.25) is 0 Å². The first-order valence-electron chi connectivity index (χ1n) is 11.5. The maximum Gasteiger partial charge on any atom is 0.333 e. The Kier molecular flexibility index (Phi) is 8.02. The number of aromatic nitrogens is 1. The lowest BCUT2D eigenvalue weighted by atomic mass is 9.97. The molecule has 4 rings (SSSR count). The Morgan fingerprint density at radius 1 is 1.06 bits per heavy atom. The van der Waals surface area contributed by atoms with Gasteiger partial charge < -0.3 is 14.6 Å². The second-order valence-electron chi connectivity index (χ2n) is 8.41. The van der Waals surface area contributed by atoms with E-state index in [9.17, 15) is 19.5 Å². The fourth-order valence-electron chi connectivity index (χ4n) is 3.68. The van der Waals surface area contributed by atoms with Gasteiger partial charge in [-0.15, -0.1) is 0 Å². The number of thioether (sulfide) groups is 1. The van der Waals surface area contributed by atoms with Crippen LogP contribution in [0.3, 0.4) is 0 Å². The highest BCUT2D eigenvalue weighted by Crippen LogP contribution is 2.37. The molecule has 1 unspecified atom stereocenters. The maximum atomic E-state index is 13.0. The molecule has 186 valence electrons. The van der Waals surface area contributed by atoms with Gasteiger partial charge in [0.2, 0.25) is 4.75 Å².